The quantitative estimate of drug-likeness (QED) is 0.676. The maximum absolute atomic E-state index is 5.58. The van der Waals surface area contributed by atoms with E-state index >= 15 is 0 Å². The van der Waals surface area contributed by atoms with Crippen LogP contribution in [-0.4, -0.2) is 69.3 Å². The highest BCUT2D eigenvalue weighted by Crippen LogP contribution is 2.13. The van der Waals surface area contributed by atoms with Gasteiger partial charge in [-0.2, -0.15) is 0 Å². The Morgan fingerprint density at radius 3 is 3.00 bits per heavy atom. The zero-order valence-electron chi connectivity index (χ0n) is 10.1. The summed E-state index contributed by atoms with van der Waals surface area (Å²) in [5.74, 6) is 0. The van der Waals surface area contributed by atoms with E-state index in [-0.39, 0.29) is 0 Å². The third-order valence-corrected chi connectivity index (χ3v) is 3.20. The number of piperidine rings is 1. The van der Waals surface area contributed by atoms with Crippen molar-refractivity contribution < 1.29 is 4.74 Å². The highest BCUT2D eigenvalue weighted by atomic mass is 16.5. The van der Waals surface area contributed by atoms with E-state index < -0.39 is 0 Å². The first kappa shape index (κ1) is 12.9. The Morgan fingerprint density at radius 2 is 2.33 bits per heavy atom. The molecule has 0 radical (unpaired) electrons. The molecule has 0 saturated carbocycles. The number of nitrogens with zero attached hydrogens (tertiary/aromatic N) is 2. The Kier molecular flexibility index (Phi) is 6.17. The Bertz CT molecular complexity index is 166. The molecule has 1 unspecified atom stereocenters. The molecule has 1 atom stereocenters. The van der Waals surface area contributed by atoms with Crippen LogP contribution >= 0.6 is 0 Å². The molecular weight excluding hydrogens is 190 g/mol. The number of methoxy groups -OCH3 is 1. The predicted molar refractivity (Wildman–Crippen MR) is 63.0 cm³/mol. The number of rotatable bonds is 6. The highest BCUT2D eigenvalue weighted by Gasteiger charge is 2.22. The van der Waals surface area contributed by atoms with Crippen molar-refractivity contribution in [2.75, 3.05) is 53.5 Å². The molecule has 1 aliphatic heterocycles. The van der Waals surface area contributed by atoms with Gasteiger partial charge < -0.3 is 15.4 Å². The van der Waals surface area contributed by atoms with Gasteiger partial charge in [-0.15, -0.1) is 0 Å². The Hall–Kier alpha value is -0.160. The van der Waals surface area contributed by atoms with Gasteiger partial charge in [-0.1, -0.05) is 0 Å². The maximum atomic E-state index is 5.58. The van der Waals surface area contributed by atoms with Crippen LogP contribution in [0.4, 0.5) is 0 Å². The minimum Gasteiger partial charge on any atom is -0.383 e. The van der Waals surface area contributed by atoms with Crippen molar-refractivity contribution in [1.29, 1.82) is 0 Å². The highest BCUT2D eigenvalue weighted by molar-refractivity contribution is 4.79. The van der Waals surface area contributed by atoms with Crippen molar-refractivity contribution in [2.24, 2.45) is 5.73 Å². The summed E-state index contributed by atoms with van der Waals surface area (Å²) in [4.78, 5) is 4.88. The fraction of sp³-hybridized carbons (Fsp3) is 1.00. The number of nitrogens with two attached hydrogens (primary N) is 1. The monoisotopic (exact) mass is 215 g/mol. The molecule has 0 aromatic heterocycles. The maximum Gasteiger partial charge on any atom is 0.0589 e. The molecule has 0 amide bonds. The van der Waals surface area contributed by atoms with E-state index in [1.54, 1.807) is 7.11 Å². The topological polar surface area (TPSA) is 41.7 Å². The molecule has 0 spiro atoms. The summed E-state index contributed by atoms with van der Waals surface area (Å²) in [5.41, 5.74) is 5.58. The SMILES string of the molecule is COCCN1CCCC(N(C)CCN)C1. The largest absolute Gasteiger partial charge is 0.383 e. The lowest BCUT2D eigenvalue weighted by Gasteiger charge is -2.37. The smallest absolute Gasteiger partial charge is 0.0589 e. The number of hydrogen-bond acceptors (Lipinski definition) is 4. The fourth-order valence-corrected chi connectivity index (χ4v) is 2.20. The molecule has 1 heterocycles. The first-order valence-electron chi connectivity index (χ1n) is 5.89. The van der Waals surface area contributed by atoms with E-state index in [4.69, 9.17) is 10.5 Å². The van der Waals surface area contributed by atoms with Crippen molar-refractivity contribution >= 4 is 0 Å². The summed E-state index contributed by atoms with van der Waals surface area (Å²) >= 11 is 0. The van der Waals surface area contributed by atoms with Gasteiger partial charge in [-0.25, -0.2) is 0 Å². The summed E-state index contributed by atoms with van der Waals surface area (Å²) in [6, 6.07) is 0.680. The molecular formula is C11H25N3O. The van der Waals surface area contributed by atoms with E-state index in [9.17, 15) is 0 Å². The van der Waals surface area contributed by atoms with Crippen LogP contribution in [0, 0.1) is 0 Å². The molecule has 1 saturated heterocycles. The van der Waals surface area contributed by atoms with Crippen LogP contribution in [-0.2, 0) is 4.74 Å². The standard InChI is InChI=1S/C11H25N3O/c1-13(7-5-12)11-4-3-6-14(10-11)8-9-15-2/h11H,3-10,12H2,1-2H3. The van der Waals surface area contributed by atoms with Crippen molar-refractivity contribution in [2.45, 2.75) is 18.9 Å². The lowest BCUT2D eigenvalue weighted by Crippen LogP contribution is -2.48. The van der Waals surface area contributed by atoms with Gasteiger partial charge in [-0.3, -0.25) is 4.90 Å². The Morgan fingerprint density at radius 1 is 1.53 bits per heavy atom. The van der Waals surface area contributed by atoms with Crippen LogP contribution in [0.2, 0.25) is 0 Å². The summed E-state index contributed by atoms with van der Waals surface area (Å²) in [5, 5.41) is 0. The van der Waals surface area contributed by atoms with Gasteiger partial charge in [0.05, 0.1) is 6.61 Å². The Balaban J connectivity index is 2.28. The van der Waals surface area contributed by atoms with Crippen LogP contribution in [0.3, 0.4) is 0 Å². The second-order valence-corrected chi connectivity index (χ2v) is 4.36. The van der Waals surface area contributed by atoms with Gasteiger partial charge in [0.2, 0.25) is 0 Å². The minimum atomic E-state index is 0.680. The lowest BCUT2D eigenvalue weighted by molar-refractivity contribution is 0.0889. The summed E-state index contributed by atoms with van der Waals surface area (Å²) in [6.07, 6.45) is 2.60. The molecule has 4 heteroatoms. The van der Waals surface area contributed by atoms with Gasteiger partial charge in [0, 0.05) is 39.3 Å². The van der Waals surface area contributed by atoms with Gasteiger partial charge in [-0.05, 0) is 26.4 Å². The first-order chi connectivity index (χ1) is 7.27. The summed E-state index contributed by atoms with van der Waals surface area (Å²) in [6.45, 7) is 6.04. The van der Waals surface area contributed by atoms with Crippen molar-refractivity contribution in [3.8, 4) is 0 Å². The fourth-order valence-electron chi connectivity index (χ4n) is 2.20. The third kappa shape index (κ3) is 4.47. The second kappa shape index (κ2) is 7.17. The predicted octanol–water partition coefficient (Wildman–Crippen LogP) is -0.0123. The molecule has 4 nitrogen and oxygen atoms in total. The van der Waals surface area contributed by atoms with Gasteiger partial charge in [0.1, 0.15) is 0 Å². The third-order valence-electron chi connectivity index (χ3n) is 3.20. The number of likely N-dealkylation sites (tertiary alicyclic amines) is 1. The van der Waals surface area contributed by atoms with Crippen molar-refractivity contribution in [3.05, 3.63) is 0 Å². The average molecular weight is 215 g/mol. The first-order valence-corrected chi connectivity index (χ1v) is 5.89. The zero-order chi connectivity index (χ0) is 11.1. The van der Waals surface area contributed by atoms with E-state index in [1.165, 1.54) is 25.9 Å². The van der Waals surface area contributed by atoms with Gasteiger partial charge in [0.25, 0.3) is 0 Å². The number of ether oxygens (including phenoxy) is 1. The molecule has 0 bridgehead atoms. The molecule has 0 aromatic rings. The van der Waals surface area contributed by atoms with Crippen LogP contribution in [0.15, 0.2) is 0 Å². The van der Waals surface area contributed by atoms with E-state index in [0.717, 1.165) is 26.2 Å². The van der Waals surface area contributed by atoms with Crippen LogP contribution in [0.5, 0.6) is 0 Å². The van der Waals surface area contributed by atoms with Crippen LogP contribution in [0.1, 0.15) is 12.8 Å². The Labute approximate surface area is 93.4 Å². The summed E-state index contributed by atoms with van der Waals surface area (Å²) in [7, 11) is 3.94. The molecule has 1 rings (SSSR count). The number of hydrogen-bond donors (Lipinski definition) is 1. The zero-order valence-corrected chi connectivity index (χ0v) is 10.1. The molecule has 2 N–H and O–H groups in total. The molecule has 1 aliphatic rings. The summed E-state index contributed by atoms with van der Waals surface area (Å²) < 4.78 is 5.11. The molecule has 1 fully saturated rings. The van der Waals surface area contributed by atoms with E-state index in [2.05, 4.69) is 16.8 Å². The second-order valence-electron chi connectivity index (χ2n) is 4.36. The number of likely N-dealkylation sites (N-methyl/N-ethyl adjacent to an activating group) is 1. The molecule has 0 aliphatic carbocycles. The van der Waals surface area contributed by atoms with Crippen LogP contribution < -0.4 is 5.73 Å². The van der Waals surface area contributed by atoms with Gasteiger partial charge >= 0.3 is 0 Å². The van der Waals surface area contributed by atoms with Crippen molar-refractivity contribution in [3.63, 3.8) is 0 Å². The van der Waals surface area contributed by atoms with Gasteiger partial charge in [0.15, 0.2) is 0 Å². The molecule has 15 heavy (non-hydrogen) atoms. The van der Waals surface area contributed by atoms with Crippen LogP contribution in [0.25, 0.3) is 0 Å². The molecule has 0 aromatic carbocycles. The average Bonchev–Trinajstić information content (AvgIpc) is 2.27. The minimum absolute atomic E-state index is 0.680. The van der Waals surface area contributed by atoms with Crippen molar-refractivity contribution in [1.82, 2.24) is 9.80 Å². The van der Waals surface area contributed by atoms with E-state index in [0.29, 0.717) is 6.04 Å². The van der Waals surface area contributed by atoms with E-state index in [1.807, 2.05) is 0 Å². The lowest BCUT2D eigenvalue weighted by atomic mass is 10.0. The molecule has 90 valence electrons. The normalized spacial score (nSPS) is 23.6.